The van der Waals surface area contributed by atoms with Gasteiger partial charge in [-0.3, -0.25) is 4.79 Å². The van der Waals surface area contributed by atoms with E-state index in [9.17, 15) is 13.2 Å². The van der Waals surface area contributed by atoms with Gasteiger partial charge in [0.15, 0.2) is 15.7 Å². The summed E-state index contributed by atoms with van der Waals surface area (Å²) in [7, 11) is -3.70. The maximum absolute atomic E-state index is 12.2. The van der Waals surface area contributed by atoms with Crippen LogP contribution in [0.25, 0.3) is 0 Å². The number of hydrazone groups is 1. The van der Waals surface area contributed by atoms with Crippen molar-refractivity contribution in [2.24, 2.45) is 5.10 Å². The van der Waals surface area contributed by atoms with Crippen LogP contribution in [0.2, 0.25) is 0 Å². The van der Waals surface area contributed by atoms with Crippen LogP contribution in [0.15, 0.2) is 40.0 Å². The smallest absolute Gasteiger partial charge is 0.257 e. The van der Waals surface area contributed by atoms with E-state index < -0.39 is 27.3 Å². The molecule has 0 N–H and O–H groups in total. The molecule has 0 radical (unpaired) electrons. The number of carbonyl (C=O) groups excluding carboxylic acids is 1. The van der Waals surface area contributed by atoms with Crippen LogP contribution in [0.3, 0.4) is 0 Å². The predicted octanol–water partition coefficient (Wildman–Crippen LogP) is 0.929. The summed E-state index contributed by atoms with van der Waals surface area (Å²) < 4.78 is 29.0. The van der Waals surface area contributed by atoms with Crippen molar-refractivity contribution in [1.29, 1.82) is 0 Å². The van der Waals surface area contributed by atoms with E-state index in [4.69, 9.17) is 4.52 Å². The van der Waals surface area contributed by atoms with Crippen molar-refractivity contribution in [3.8, 4) is 0 Å². The Kier molecular flexibility index (Phi) is 4.43. The van der Waals surface area contributed by atoms with E-state index in [1.807, 2.05) is 30.3 Å². The lowest BCUT2D eigenvalue weighted by Gasteiger charge is -2.10. The number of hydrogen-bond acceptors (Lipinski definition) is 7. The molecule has 2 aromatic rings. The number of hydrogen-bond donors (Lipinski definition) is 0. The van der Waals surface area contributed by atoms with Crippen molar-refractivity contribution >= 4 is 21.5 Å². The number of benzene rings is 1. The fraction of sp³-hybridized carbons (Fsp3) is 0.333. The molecule has 0 fully saturated rings. The van der Waals surface area contributed by atoms with E-state index in [0.717, 1.165) is 11.3 Å². The number of aryl methyl sites for hydroxylation is 1. The summed E-state index contributed by atoms with van der Waals surface area (Å²) in [5, 5.41) is 8.98. The first kappa shape index (κ1) is 16.3. The van der Waals surface area contributed by atoms with Crippen molar-refractivity contribution in [1.82, 2.24) is 15.1 Å². The Bertz CT molecular complexity index is 874. The molecular formula is C15H16N4O4S. The first-order valence-corrected chi connectivity index (χ1v) is 9.18. The highest BCUT2D eigenvalue weighted by Crippen LogP contribution is 2.15. The SMILES string of the molecule is Cc1noc(CS(=O)(=O)CC(=O)N2CCC(c3ccccc3)=N2)n1. The third-order valence-corrected chi connectivity index (χ3v) is 4.83. The number of aromatic nitrogens is 2. The van der Waals surface area contributed by atoms with Gasteiger partial charge in [0, 0.05) is 6.42 Å². The van der Waals surface area contributed by atoms with Crippen LogP contribution in [0.4, 0.5) is 0 Å². The molecule has 8 nitrogen and oxygen atoms in total. The van der Waals surface area contributed by atoms with E-state index in [-0.39, 0.29) is 5.89 Å². The van der Waals surface area contributed by atoms with Crippen LogP contribution >= 0.6 is 0 Å². The normalized spacial score (nSPS) is 14.7. The van der Waals surface area contributed by atoms with Gasteiger partial charge < -0.3 is 4.52 Å². The molecule has 1 aromatic carbocycles. The van der Waals surface area contributed by atoms with Crippen LogP contribution in [0.1, 0.15) is 23.7 Å². The Balaban J connectivity index is 1.66. The molecule has 1 aliphatic rings. The summed E-state index contributed by atoms with van der Waals surface area (Å²) in [6, 6.07) is 9.48. The van der Waals surface area contributed by atoms with Gasteiger partial charge in [0.05, 0.1) is 12.3 Å². The summed E-state index contributed by atoms with van der Waals surface area (Å²) >= 11 is 0. The molecule has 0 spiro atoms. The highest BCUT2D eigenvalue weighted by Gasteiger charge is 2.27. The Morgan fingerprint density at radius 1 is 1.29 bits per heavy atom. The molecule has 0 unspecified atom stereocenters. The molecule has 9 heteroatoms. The van der Waals surface area contributed by atoms with E-state index >= 15 is 0 Å². The number of sulfone groups is 1. The van der Waals surface area contributed by atoms with E-state index in [1.165, 1.54) is 5.01 Å². The van der Waals surface area contributed by atoms with Crippen molar-refractivity contribution in [3.63, 3.8) is 0 Å². The second kappa shape index (κ2) is 6.52. The van der Waals surface area contributed by atoms with Gasteiger partial charge in [-0.05, 0) is 12.5 Å². The molecule has 3 rings (SSSR count). The zero-order valence-electron chi connectivity index (χ0n) is 13.0. The molecule has 24 heavy (non-hydrogen) atoms. The average Bonchev–Trinajstić information content (AvgIpc) is 3.16. The number of carbonyl (C=O) groups is 1. The largest absolute Gasteiger partial charge is 0.338 e. The fourth-order valence-corrected chi connectivity index (χ4v) is 3.49. The molecule has 0 aliphatic carbocycles. The van der Waals surface area contributed by atoms with Gasteiger partial charge in [-0.2, -0.15) is 10.1 Å². The van der Waals surface area contributed by atoms with E-state index in [2.05, 4.69) is 15.2 Å². The van der Waals surface area contributed by atoms with Crippen LogP contribution < -0.4 is 0 Å². The quantitative estimate of drug-likeness (QED) is 0.796. The minimum absolute atomic E-state index is 0.0183. The molecular weight excluding hydrogens is 332 g/mol. The standard InChI is InChI=1S/C15H16N4O4S/c1-11-16-14(23-18-11)9-24(21,22)10-15(20)19-8-7-13(17-19)12-5-3-2-4-6-12/h2-6H,7-10H2,1H3. The summed E-state index contributed by atoms with van der Waals surface area (Å²) in [4.78, 5) is 16.0. The van der Waals surface area contributed by atoms with Crippen molar-refractivity contribution < 1.29 is 17.7 Å². The zero-order chi connectivity index (χ0) is 17.2. The lowest BCUT2D eigenvalue weighted by atomic mass is 10.1. The lowest BCUT2D eigenvalue weighted by molar-refractivity contribution is -0.127. The molecule has 0 bridgehead atoms. The molecule has 0 atom stereocenters. The number of nitrogens with zero attached hydrogens (tertiary/aromatic N) is 4. The third-order valence-electron chi connectivity index (χ3n) is 3.45. The number of rotatable bonds is 5. The molecule has 0 saturated heterocycles. The summed E-state index contributed by atoms with van der Waals surface area (Å²) in [6.45, 7) is 1.97. The van der Waals surface area contributed by atoms with Gasteiger partial charge >= 0.3 is 0 Å². The Hall–Kier alpha value is -2.55. The summed E-state index contributed by atoms with van der Waals surface area (Å²) in [5.74, 6) is -1.32. The van der Waals surface area contributed by atoms with Gasteiger partial charge in [-0.25, -0.2) is 13.4 Å². The van der Waals surface area contributed by atoms with Crippen molar-refractivity contribution in [2.45, 2.75) is 19.1 Å². The average molecular weight is 348 g/mol. The van der Waals surface area contributed by atoms with Crippen LogP contribution in [0, 0.1) is 6.92 Å². The molecule has 0 saturated carbocycles. The van der Waals surface area contributed by atoms with Gasteiger partial charge in [-0.15, -0.1) is 0 Å². The van der Waals surface area contributed by atoms with Gasteiger partial charge in [-0.1, -0.05) is 35.5 Å². The number of amides is 1. The minimum Gasteiger partial charge on any atom is -0.338 e. The van der Waals surface area contributed by atoms with Gasteiger partial charge in [0.25, 0.3) is 5.91 Å². The molecule has 1 aromatic heterocycles. The summed E-state index contributed by atoms with van der Waals surface area (Å²) in [6.07, 6.45) is 0.596. The highest BCUT2D eigenvalue weighted by molar-refractivity contribution is 7.91. The first-order valence-electron chi connectivity index (χ1n) is 7.36. The minimum atomic E-state index is -3.70. The van der Waals surface area contributed by atoms with Crippen LogP contribution in [0.5, 0.6) is 0 Å². The van der Waals surface area contributed by atoms with Crippen molar-refractivity contribution in [2.75, 3.05) is 12.3 Å². The van der Waals surface area contributed by atoms with E-state index in [1.54, 1.807) is 6.92 Å². The van der Waals surface area contributed by atoms with Crippen LogP contribution in [-0.4, -0.2) is 47.5 Å². The van der Waals surface area contributed by atoms with E-state index in [0.29, 0.717) is 18.8 Å². The third kappa shape index (κ3) is 3.85. The lowest BCUT2D eigenvalue weighted by Crippen LogP contribution is -2.30. The zero-order valence-corrected chi connectivity index (χ0v) is 13.9. The first-order chi connectivity index (χ1) is 11.4. The maximum atomic E-state index is 12.2. The molecule has 1 amide bonds. The van der Waals surface area contributed by atoms with Crippen LogP contribution in [-0.2, 0) is 20.4 Å². The molecule has 1 aliphatic heterocycles. The topological polar surface area (TPSA) is 106 Å². The highest BCUT2D eigenvalue weighted by atomic mass is 32.2. The van der Waals surface area contributed by atoms with Crippen molar-refractivity contribution in [3.05, 3.63) is 47.6 Å². The summed E-state index contributed by atoms with van der Waals surface area (Å²) in [5.41, 5.74) is 1.70. The molecule has 2 heterocycles. The second-order valence-electron chi connectivity index (χ2n) is 5.45. The molecule has 126 valence electrons. The van der Waals surface area contributed by atoms with Gasteiger partial charge in [0.2, 0.25) is 5.89 Å². The second-order valence-corrected chi connectivity index (χ2v) is 7.51. The van der Waals surface area contributed by atoms with Gasteiger partial charge in [0.1, 0.15) is 11.5 Å². The monoisotopic (exact) mass is 348 g/mol. The fourth-order valence-electron chi connectivity index (χ4n) is 2.37. The Morgan fingerprint density at radius 2 is 2.04 bits per heavy atom. The predicted molar refractivity (Wildman–Crippen MR) is 85.8 cm³/mol. The Labute approximate surface area is 139 Å². The Morgan fingerprint density at radius 3 is 2.71 bits per heavy atom. The maximum Gasteiger partial charge on any atom is 0.257 e.